The number of aryl methyl sites for hydroxylation is 1. The zero-order valence-corrected chi connectivity index (χ0v) is 13.7. The predicted octanol–water partition coefficient (Wildman–Crippen LogP) is 1.68. The SMILES string of the molecule is CN1CCN(C(=O)NCc2ccsc2)CC1c1nccn1C. The zero-order valence-electron chi connectivity index (χ0n) is 12.9. The predicted molar refractivity (Wildman–Crippen MR) is 86.7 cm³/mol. The third kappa shape index (κ3) is 3.15. The number of carbonyl (C=O) groups excluding carboxylic acids is 1. The number of piperazine rings is 1. The summed E-state index contributed by atoms with van der Waals surface area (Å²) in [6.45, 7) is 2.84. The van der Waals surface area contributed by atoms with E-state index in [9.17, 15) is 4.79 Å². The molecule has 0 saturated carbocycles. The Hall–Kier alpha value is -1.86. The largest absolute Gasteiger partial charge is 0.337 e. The van der Waals surface area contributed by atoms with Crippen molar-refractivity contribution in [3.05, 3.63) is 40.6 Å². The van der Waals surface area contributed by atoms with Crippen molar-refractivity contribution in [1.29, 1.82) is 0 Å². The highest BCUT2D eigenvalue weighted by Crippen LogP contribution is 2.22. The number of imidazole rings is 1. The van der Waals surface area contributed by atoms with Crippen LogP contribution in [-0.4, -0.2) is 52.1 Å². The number of carbonyl (C=O) groups is 1. The number of likely N-dealkylation sites (N-methyl/N-ethyl adjacent to an activating group) is 1. The van der Waals surface area contributed by atoms with E-state index in [2.05, 4.69) is 27.6 Å². The Morgan fingerprint density at radius 1 is 1.45 bits per heavy atom. The summed E-state index contributed by atoms with van der Waals surface area (Å²) in [4.78, 5) is 20.9. The maximum absolute atomic E-state index is 12.4. The van der Waals surface area contributed by atoms with Gasteiger partial charge in [0.05, 0.1) is 6.04 Å². The quantitative estimate of drug-likeness (QED) is 0.936. The number of nitrogens with one attached hydrogen (secondary N) is 1. The lowest BCUT2D eigenvalue weighted by Crippen LogP contribution is -2.52. The van der Waals surface area contributed by atoms with E-state index in [1.807, 2.05) is 34.2 Å². The minimum absolute atomic E-state index is 0.00138. The lowest BCUT2D eigenvalue weighted by molar-refractivity contribution is 0.104. The number of amides is 2. The van der Waals surface area contributed by atoms with Crippen LogP contribution in [0, 0.1) is 0 Å². The Bertz CT molecular complexity index is 624. The summed E-state index contributed by atoms with van der Waals surface area (Å²) in [7, 11) is 4.08. The van der Waals surface area contributed by atoms with Crippen LogP contribution in [0.5, 0.6) is 0 Å². The van der Waals surface area contributed by atoms with Crippen LogP contribution in [0.2, 0.25) is 0 Å². The maximum atomic E-state index is 12.4. The number of thiophene rings is 1. The fourth-order valence-corrected chi connectivity index (χ4v) is 3.39. The molecule has 0 bridgehead atoms. The highest BCUT2D eigenvalue weighted by molar-refractivity contribution is 7.07. The molecule has 0 aromatic carbocycles. The van der Waals surface area contributed by atoms with Gasteiger partial charge in [-0.3, -0.25) is 4.90 Å². The first kappa shape index (κ1) is 15.1. The third-order valence-corrected chi connectivity index (χ3v) is 4.85. The molecule has 1 unspecified atom stereocenters. The molecule has 7 heteroatoms. The third-order valence-electron chi connectivity index (χ3n) is 4.12. The van der Waals surface area contributed by atoms with Crippen molar-refractivity contribution in [3.8, 4) is 0 Å². The number of hydrogen-bond acceptors (Lipinski definition) is 4. The second kappa shape index (κ2) is 6.50. The number of aromatic nitrogens is 2. The van der Waals surface area contributed by atoms with Crippen LogP contribution >= 0.6 is 11.3 Å². The van der Waals surface area contributed by atoms with Crippen molar-refractivity contribution in [3.63, 3.8) is 0 Å². The highest BCUT2D eigenvalue weighted by atomic mass is 32.1. The molecule has 1 N–H and O–H groups in total. The molecule has 0 aliphatic carbocycles. The van der Waals surface area contributed by atoms with E-state index in [4.69, 9.17) is 0 Å². The first-order chi connectivity index (χ1) is 10.6. The monoisotopic (exact) mass is 319 g/mol. The van der Waals surface area contributed by atoms with E-state index in [0.717, 1.165) is 24.5 Å². The molecule has 1 aliphatic heterocycles. The molecule has 2 aromatic rings. The van der Waals surface area contributed by atoms with Gasteiger partial charge in [0, 0.05) is 45.6 Å². The van der Waals surface area contributed by atoms with Crippen molar-refractivity contribution < 1.29 is 4.79 Å². The van der Waals surface area contributed by atoms with E-state index in [0.29, 0.717) is 13.1 Å². The van der Waals surface area contributed by atoms with Gasteiger partial charge in [-0.15, -0.1) is 0 Å². The number of rotatable bonds is 3. The van der Waals surface area contributed by atoms with Gasteiger partial charge in [0.1, 0.15) is 5.82 Å². The van der Waals surface area contributed by atoms with Crippen LogP contribution in [-0.2, 0) is 13.6 Å². The molecule has 22 heavy (non-hydrogen) atoms. The van der Waals surface area contributed by atoms with Crippen LogP contribution in [0.15, 0.2) is 29.2 Å². The summed E-state index contributed by atoms with van der Waals surface area (Å²) in [5.74, 6) is 0.998. The van der Waals surface area contributed by atoms with Gasteiger partial charge in [-0.1, -0.05) is 0 Å². The molecule has 0 radical (unpaired) electrons. The zero-order chi connectivity index (χ0) is 15.5. The molecule has 1 fully saturated rings. The van der Waals surface area contributed by atoms with Crippen molar-refractivity contribution in [2.75, 3.05) is 26.7 Å². The molecule has 2 aromatic heterocycles. The molecular formula is C15H21N5OS. The van der Waals surface area contributed by atoms with Crippen LogP contribution in [0.1, 0.15) is 17.4 Å². The van der Waals surface area contributed by atoms with Gasteiger partial charge in [0.25, 0.3) is 0 Å². The lowest BCUT2D eigenvalue weighted by atomic mass is 10.1. The van der Waals surface area contributed by atoms with Gasteiger partial charge >= 0.3 is 6.03 Å². The van der Waals surface area contributed by atoms with Crippen LogP contribution in [0.25, 0.3) is 0 Å². The summed E-state index contributed by atoms with van der Waals surface area (Å²) in [6.07, 6.45) is 3.75. The van der Waals surface area contributed by atoms with Crippen molar-refractivity contribution in [1.82, 2.24) is 24.7 Å². The molecule has 3 rings (SSSR count). The number of urea groups is 1. The summed E-state index contributed by atoms with van der Waals surface area (Å²) >= 11 is 1.64. The average molecular weight is 319 g/mol. The smallest absolute Gasteiger partial charge is 0.317 e. The van der Waals surface area contributed by atoms with Gasteiger partial charge in [-0.2, -0.15) is 11.3 Å². The summed E-state index contributed by atoms with van der Waals surface area (Å²) in [6, 6.07) is 2.17. The Balaban J connectivity index is 1.62. The molecule has 118 valence electrons. The van der Waals surface area contributed by atoms with Gasteiger partial charge < -0.3 is 14.8 Å². The maximum Gasteiger partial charge on any atom is 0.317 e. The average Bonchev–Trinajstić information content (AvgIpc) is 3.17. The van der Waals surface area contributed by atoms with E-state index >= 15 is 0 Å². The van der Waals surface area contributed by atoms with Crippen molar-refractivity contribution in [2.45, 2.75) is 12.6 Å². The standard InChI is InChI=1S/C15H21N5OS/c1-18-6-7-20(10-13(18)14-16-4-5-19(14)2)15(21)17-9-12-3-8-22-11-12/h3-5,8,11,13H,6-7,9-10H2,1-2H3,(H,17,21). The highest BCUT2D eigenvalue weighted by Gasteiger charge is 2.30. The Kier molecular flexibility index (Phi) is 4.44. The summed E-state index contributed by atoms with van der Waals surface area (Å²) in [5.41, 5.74) is 1.15. The minimum Gasteiger partial charge on any atom is -0.337 e. The van der Waals surface area contributed by atoms with E-state index in [1.165, 1.54) is 0 Å². The normalized spacial score (nSPS) is 19.4. The number of nitrogens with zero attached hydrogens (tertiary/aromatic N) is 4. The Morgan fingerprint density at radius 2 is 2.32 bits per heavy atom. The van der Waals surface area contributed by atoms with E-state index in [1.54, 1.807) is 17.5 Å². The van der Waals surface area contributed by atoms with Crippen molar-refractivity contribution >= 4 is 17.4 Å². The van der Waals surface area contributed by atoms with Crippen molar-refractivity contribution in [2.24, 2.45) is 7.05 Å². The second-order valence-electron chi connectivity index (χ2n) is 5.63. The van der Waals surface area contributed by atoms with E-state index < -0.39 is 0 Å². The van der Waals surface area contributed by atoms with Gasteiger partial charge in [0.2, 0.25) is 0 Å². The Labute approximate surface area is 134 Å². The summed E-state index contributed by atoms with van der Waals surface area (Å²) in [5, 5.41) is 7.08. The lowest BCUT2D eigenvalue weighted by Gasteiger charge is -2.38. The van der Waals surface area contributed by atoms with E-state index in [-0.39, 0.29) is 12.1 Å². The first-order valence-corrected chi connectivity index (χ1v) is 8.30. The molecule has 1 aliphatic rings. The Morgan fingerprint density at radius 3 is 3.00 bits per heavy atom. The fourth-order valence-electron chi connectivity index (χ4n) is 2.72. The molecule has 3 heterocycles. The first-order valence-electron chi connectivity index (χ1n) is 7.36. The molecular weight excluding hydrogens is 298 g/mol. The fraction of sp³-hybridized carbons (Fsp3) is 0.467. The van der Waals surface area contributed by atoms with Crippen LogP contribution in [0.3, 0.4) is 0 Å². The summed E-state index contributed by atoms with van der Waals surface area (Å²) < 4.78 is 2.02. The number of hydrogen-bond donors (Lipinski definition) is 1. The molecule has 0 spiro atoms. The molecule has 1 atom stereocenters. The van der Waals surface area contributed by atoms with Gasteiger partial charge in [-0.25, -0.2) is 9.78 Å². The molecule has 6 nitrogen and oxygen atoms in total. The molecule has 2 amide bonds. The minimum atomic E-state index is -0.00138. The topological polar surface area (TPSA) is 53.4 Å². The molecule has 1 saturated heterocycles. The second-order valence-corrected chi connectivity index (χ2v) is 6.41. The van der Waals surface area contributed by atoms with Crippen LogP contribution < -0.4 is 5.32 Å². The van der Waals surface area contributed by atoms with Crippen LogP contribution in [0.4, 0.5) is 4.79 Å². The van der Waals surface area contributed by atoms with Gasteiger partial charge in [-0.05, 0) is 29.4 Å². The van der Waals surface area contributed by atoms with Gasteiger partial charge in [0.15, 0.2) is 0 Å².